The van der Waals surface area contributed by atoms with Gasteiger partial charge < -0.3 is 14.8 Å². The molecule has 3 nitrogen and oxygen atoms in total. The van der Waals surface area contributed by atoms with Crippen LogP contribution in [0.25, 0.3) is 0 Å². The van der Waals surface area contributed by atoms with Gasteiger partial charge in [0.15, 0.2) is 0 Å². The van der Waals surface area contributed by atoms with Crippen molar-refractivity contribution in [1.82, 2.24) is 5.32 Å². The van der Waals surface area contributed by atoms with Crippen molar-refractivity contribution in [3.05, 3.63) is 23.8 Å². The molecule has 0 fully saturated rings. The van der Waals surface area contributed by atoms with Crippen molar-refractivity contribution in [3.8, 4) is 11.5 Å². The second-order valence-electron chi connectivity index (χ2n) is 5.42. The van der Waals surface area contributed by atoms with Gasteiger partial charge >= 0.3 is 0 Å². The van der Waals surface area contributed by atoms with Crippen LogP contribution in [0.2, 0.25) is 0 Å². The van der Waals surface area contributed by atoms with Gasteiger partial charge in [0.2, 0.25) is 0 Å². The van der Waals surface area contributed by atoms with E-state index in [0.717, 1.165) is 50.3 Å². The van der Waals surface area contributed by atoms with E-state index < -0.39 is 0 Å². The van der Waals surface area contributed by atoms with E-state index in [1.165, 1.54) is 5.56 Å². The van der Waals surface area contributed by atoms with Crippen LogP contribution in [0.15, 0.2) is 18.2 Å². The monoisotopic (exact) mass is 277 g/mol. The van der Waals surface area contributed by atoms with Crippen molar-refractivity contribution in [3.63, 3.8) is 0 Å². The number of ether oxygens (including phenoxy) is 2. The third-order valence-corrected chi connectivity index (χ3v) is 3.63. The number of rotatable bonds is 8. The minimum Gasteiger partial charge on any atom is -0.494 e. The molecule has 1 N–H and O–H groups in total. The number of nitrogens with one attached hydrogen (secondary N) is 1. The lowest BCUT2D eigenvalue weighted by Crippen LogP contribution is -2.31. The van der Waals surface area contributed by atoms with Crippen LogP contribution in [0.1, 0.15) is 58.1 Å². The molecular formula is C17H27NO2. The zero-order valence-corrected chi connectivity index (χ0v) is 12.9. The topological polar surface area (TPSA) is 30.5 Å². The lowest BCUT2D eigenvalue weighted by atomic mass is 10.00. The molecule has 0 aromatic heterocycles. The van der Waals surface area contributed by atoms with Crippen LogP contribution in [-0.4, -0.2) is 19.3 Å². The van der Waals surface area contributed by atoms with Crippen LogP contribution in [0.5, 0.6) is 11.5 Å². The van der Waals surface area contributed by atoms with Crippen molar-refractivity contribution in [2.75, 3.05) is 13.2 Å². The summed E-state index contributed by atoms with van der Waals surface area (Å²) < 4.78 is 11.8. The third-order valence-electron chi connectivity index (χ3n) is 3.63. The van der Waals surface area contributed by atoms with Crippen LogP contribution in [0, 0.1) is 0 Å². The summed E-state index contributed by atoms with van der Waals surface area (Å²) in [4.78, 5) is 0. The minimum atomic E-state index is 0.253. The number of hydrogen-bond acceptors (Lipinski definition) is 3. The molecule has 1 aliphatic rings. The van der Waals surface area contributed by atoms with Gasteiger partial charge in [0.1, 0.15) is 17.6 Å². The molecule has 112 valence electrons. The number of benzene rings is 1. The maximum Gasteiger partial charge on any atom is 0.125 e. The van der Waals surface area contributed by atoms with Gasteiger partial charge in [0, 0.05) is 5.56 Å². The summed E-state index contributed by atoms with van der Waals surface area (Å²) in [5.41, 5.74) is 1.26. The van der Waals surface area contributed by atoms with Crippen molar-refractivity contribution >= 4 is 0 Å². The van der Waals surface area contributed by atoms with Crippen molar-refractivity contribution in [2.45, 2.75) is 58.6 Å². The van der Waals surface area contributed by atoms with Gasteiger partial charge in [-0.2, -0.15) is 0 Å². The molecule has 2 rings (SSSR count). The van der Waals surface area contributed by atoms with Gasteiger partial charge in [-0.1, -0.05) is 27.2 Å². The fraction of sp³-hybridized carbons (Fsp3) is 0.647. The Balaban J connectivity index is 2.16. The van der Waals surface area contributed by atoms with Crippen LogP contribution in [0.3, 0.4) is 0 Å². The van der Waals surface area contributed by atoms with Gasteiger partial charge in [-0.05, 0) is 44.0 Å². The molecule has 1 aromatic rings. The second kappa shape index (κ2) is 7.53. The smallest absolute Gasteiger partial charge is 0.125 e. The summed E-state index contributed by atoms with van der Waals surface area (Å²) in [7, 11) is 0. The number of hydrogen-bond donors (Lipinski definition) is 1. The Kier molecular flexibility index (Phi) is 5.72. The predicted molar refractivity (Wildman–Crippen MR) is 82.6 cm³/mol. The lowest BCUT2D eigenvalue weighted by molar-refractivity contribution is 0.178. The molecule has 2 atom stereocenters. The van der Waals surface area contributed by atoms with Gasteiger partial charge in [0.25, 0.3) is 0 Å². The summed E-state index contributed by atoms with van der Waals surface area (Å²) >= 11 is 0. The summed E-state index contributed by atoms with van der Waals surface area (Å²) in [6.07, 6.45) is 4.65. The van der Waals surface area contributed by atoms with E-state index in [9.17, 15) is 0 Å². The molecule has 1 heterocycles. The Bertz CT molecular complexity index is 419. The largest absolute Gasteiger partial charge is 0.494 e. The molecule has 2 unspecified atom stereocenters. The van der Waals surface area contributed by atoms with Crippen LogP contribution < -0.4 is 14.8 Å². The molecule has 1 aromatic carbocycles. The molecule has 0 aliphatic carbocycles. The molecule has 0 bridgehead atoms. The van der Waals surface area contributed by atoms with Crippen LogP contribution in [-0.2, 0) is 0 Å². The number of fused-ring (bicyclic) bond motifs is 1. The van der Waals surface area contributed by atoms with E-state index in [-0.39, 0.29) is 6.10 Å². The fourth-order valence-corrected chi connectivity index (χ4v) is 2.67. The van der Waals surface area contributed by atoms with E-state index in [1.54, 1.807) is 0 Å². The van der Waals surface area contributed by atoms with Crippen molar-refractivity contribution in [2.24, 2.45) is 0 Å². The Hall–Kier alpha value is -1.22. The van der Waals surface area contributed by atoms with Gasteiger partial charge in [-0.3, -0.25) is 0 Å². The molecule has 0 amide bonds. The maximum absolute atomic E-state index is 6.10. The molecule has 0 saturated carbocycles. The van der Waals surface area contributed by atoms with Gasteiger partial charge in [-0.15, -0.1) is 0 Å². The highest BCUT2D eigenvalue weighted by Gasteiger charge is 2.33. The molecule has 3 heteroatoms. The Morgan fingerprint density at radius 3 is 2.70 bits per heavy atom. The van der Waals surface area contributed by atoms with E-state index in [0.29, 0.717) is 6.04 Å². The van der Waals surface area contributed by atoms with Crippen LogP contribution in [0.4, 0.5) is 0 Å². The van der Waals surface area contributed by atoms with Crippen molar-refractivity contribution < 1.29 is 9.47 Å². The first-order valence-corrected chi connectivity index (χ1v) is 7.96. The highest BCUT2D eigenvalue weighted by atomic mass is 16.5. The molecule has 0 spiro atoms. The van der Waals surface area contributed by atoms with Gasteiger partial charge in [0.05, 0.1) is 12.6 Å². The van der Waals surface area contributed by atoms with E-state index >= 15 is 0 Å². The average Bonchev–Trinajstić information content (AvgIpc) is 2.80. The molecule has 1 aliphatic heterocycles. The highest BCUT2D eigenvalue weighted by molar-refractivity contribution is 5.45. The zero-order valence-electron chi connectivity index (χ0n) is 12.9. The van der Waals surface area contributed by atoms with E-state index in [2.05, 4.69) is 38.2 Å². The summed E-state index contributed by atoms with van der Waals surface area (Å²) in [6, 6.07) is 6.51. The molecular weight excluding hydrogens is 250 g/mol. The average molecular weight is 277 g/mol. The fourth-order valence-electron chi connectivity index (χ4n) is 2.67. The minimum absolute atomic E-state index is 0.253. The Labute approximate surface area is 122 Å². The SMILES string of the molecule is CCCNC1c2cc(OCCC)ccc2OC1CCC. The van der Waals surface area contributed by atoms with Crippen LogP contribution >= 0.6 is 0 Å². The Morgan fingerprint density at radius 1 is 1.15 bits per heavy atom. The second-order valence-corrected chi connectivity index (χ2v) is 5.42. The summed E-state index contributed by atoms with van der Waals surface area (Å²) in [5.74, 6) is 1.97. The standard InChI is InChI=1S/C17H27NO2/c1-4-7-16-17(18-10-5-2)14-12-13(19-11-6-3)8-9-15(14)20-16/h8-9,12,16-18H,4-7,10-11H2,1-3H3. The lowest BCUT2D eigenvalue weighted by Gasteiger charge is -2.19. The van der Waals surface area contributed by atoms with E-state index in [1.807, 2.05) is 6.07 Å². The zero-order chi connectivity index (χ0) is 14.4. The van der Waals surface area contributed by atoms with Gasteiger partial charge in [-0.25, -0.2) is 0 Å². The normalized spacial score (nSPS) is 20.6. The first-order valence-electron chi connectivity index (χ1n) is 7.96. The highest BCUT2D eigenvalue weighted by Crippen LogP contribution is 2.40. The summed E-state index contributed by atoms with van der Waals surface area (Å²) in [5, 5.41) is 3.63. The first-order chi connectivity index (χ1) is 9.80. The summed E-state index contributed by atoms with van der Waals surface area (Å²) in [6.45, 7) is 8.32. The maximum atomic E-state index is 6.10. The predicted octanol–water partition coefficient (Wildman–Crippen LogP) is 4.08. The first kappa shape index (κ1) is 15.2. The third kappa shape index (κ3) is 3.45. The molecule has 20 heavy (non-hydrogen) atoms. The Morgan fingerprint density at radius 2 is 2.00 bits per heavy atom. The van der Waals surface area contributed by atoms with Crippen molar-refractivity contribution in [1.29, 1.82) is 0 Å². The van der Waals surface area contributed by atoms with E-state index in [4.69, 9.17) is 9.47 Å². The quantitative estimate of drug-likeness (QED) is 0.776. The molecule has 0 radical (unpaired) electrons. The molecule has 0 saturated heterocycles.